The Morgan fingerprint density at radius 1 is 1.30 bits per heavy atom. The SMILES string of the molecule is CC(C)(C)C(=O)NCCN1C(=O)C(C(C)(C)C)CC1O. The molecule has 2 atom stereocenters. The van der Waals surface area contributed by atoms with E-state index < -0.39 is 11.6 Å². The first-order valence-electron chi connectivity index (χ1n) is 7.21. The number of nitrogens with one attached hydrogen (secondary N) is 1. The quantitative estimate of drug-likeness (QED) is 0.822. The number of aliphatic hydroxyl groups is 1. The standard InChI is InChI=1S/C15H28N2O3/c1-14(2,3)10-9-11(18)17(12(10)19)8-7-16-13(20)15(4,5)6/h10-11,18H,7-9H2,1-6H3,(H,16,20). The van der Waals surface area contributed by atoms with Crippen LogP contribution >= 0.6 is 0 Å². The highest BCUT2D eigenvalue weighted by atomic mass is 16.3. The third kappa shape index (κ3) is 3.95. The van der Waals surface area contributed by atoms with Crippen molar-refractivity contribution in [2.45, 2.75) is 54.2 Å². The molecule has 1 aliphatic heterocycles. The van der Waals surface area contributed by atoms with E-state index in [4.69, 9.17) is 0 Å². The van der Waals surface area contributed by atoms with Gasteiger partial charge in [0.1, 0.15) is 6.23 Å². The summed E-state index contributed by atoms with van der Waals surface area (Å²) in [6.45, 7) is 12.3. The van der Waals surface area contributed by atoms with Crippen LogP contribution in [0.2, 0.25) is 0 Å². The molecular weight excluding hydrogens is 256 g/mol. The van der Waals surface area contributed by atoms with E-state index in [1.165, 1.54) is 4.90 Å². The molecule has 0 aliphatic carbocycles. The maximum Gasteiger partial charge on any atom is 0.228 e. The Morgan fingerprint density at radius 2 is 1.85 bits per heavy atom. The van der Waals surface area contributed by atoms with Gasteiger partial charge in [0.2, 0.25) is 11.8 Å². The number of nitrogens with zero attached hydrogens (tertiary/aromatic N) is 1. The lowest BCUT2D eigenvalue weighted by atomic mass is 9.80. The van der Waals surface area contributed by atoms with Crippen LogP contribution in [0.1, 0.15) is 48.0 Å². The molecule has 0 aromatic rings. The molecule has 1 heterocycles. The first kappa shape index (κ1) is 17.0. The first-order chi connectivity index (χ1) is 8.94. The summed E-state index contributed by atoms with van der Waals surface area (Å²) in [7, 11) is 0. The lowest BCUT2D eigenvalue weighted by Gasteiger charge is -2.26. The molecule has 20 heavy (non-hydrogen) atoms. The molecule has 2 amide bonds. The van der Waals surface area contributed by atoms with Crippen LogP contribution in [0, 0.1) is 16.7 Å². The number of likely N-dealkylation sites (tertiary alicyclic amines) is 1. The molecule has 0 aromatic heterocycles. The van der Waals surface area contributed by atoms with Gasteiger partial charge in [0, 0.05) is 30.8 Å². The molecule has 5 nitrogen and oxygen atoms in total. The van der Waals surface area contributed by atoms with Crippen molar-refractivity contribution >= 4 is 11.8 Å². The molecular formula is C15H28N2O3. The van der Waals surface area contributed by atoms with E-state index in [2.05, 4.69) is 5.32 Å². The Bertz CT molecular complexity index is 380. The van der Waals surface area contributed by atoms with Crippen LogP contribution in [0.5, 0.6) is 0 Å². The summed E-state index contributed by atoms with van der Waals surface area (Å²) in [5.74, 6) is -0.225. The highest BCUT2D eigenvalue weighted by molar-refractivity contribution is 5.82. The predicted molar refractivity (Wildman–Crippen MR) is 77.7 cm³/mol. The lowest BCUT2D eigenvalue weighted by Crippen LogP contribution is -2.43. The van der Waals surface area contributed by atoms with Gasteiger partial charge >= 0.3 is 0 Å². The van der Waals surface area contributed by atoms with Crippen molar-refractivity contribution in [1.82, 2.24) is 10.2 Å². The number of hydrogen-bond acceptors (Lipinski definition) is 3. The van der Waals surface area contributed by atoms with Crippen LogP contribution in [0.25, 0.3) is 0 Å². The highest BCUT2D eigenvalue weighted by Gasteiger charge is 2.44. The molecule has 0 spiro atoms. The van der Waals surface area contributed by atoms with Crippen LogP contribution in [0.3, 0.4) is 0 Å². The fraction of sp³-hybridized carbons (Fsp3) is 0.867. The normalized spacial score (nSPS) is 24.1. The zero-order chi connectivity index (χ0) is 15.7. The number of aliphatic hydroxyl groups excluding tert-OH is 1. The lowest BCUT2D eigenvalue weighted by molar-refractivity contribution is -0.138. The summed E-state index contributed by atoms with van der Waals surface area (Å²) in [4.78, 5) is 25.5. The van der Waals surface area contributed by atoms with Crippen molar-refractivity contribution in [3.05, 3.63) is 0 Å². The van der Waals surface area contributed by atoms with Crippen molar-refractivity contribution in [2.24, 2.45) is 16.7 Å². The van der Waals surface area contributed by atoms with Gasteiger partial charge in [-0.25, -0.2) is 0 Å². The van der Waals surface area contributed by atoms with Gasteiger partial charge in [-0.2, -0.15) is 0 Å². The molecule has 1 aliphatic rings. The van der Waals surface area contributed by atoms with E-state index in [1.807, 2.05) is 41.5 Å². The number of amides is 2. The minimum atomic E-state index is -0.738. The summed E-state index contributed by atoms with van der Waals surface area (Å²) >= 11 is 0. The van der Waals surface area contributed by atoms with E-state index in [0.717, 1.165) is 0 Å². The molecule has 2 N–H and O–H groups in total. The van der Waals surface area contributed by atoms with Crippen LogP contribution in [0.15, 0.2) is 0 Å². The average Bonchev–Trinajstić information content (AvgIpc) is 2.54. The Kier molecular flexibility index (Phi) is 4.85. The van der Waals surface area contributed by atoms with Crippen LogP contribution in [-0.2, 0) is 9.59 Å². The molecule has 2 unspecified atom stereocenters. The van der Waals surface area contributed by atoms with Crippen molar-refractivity contribution < 1.29 is 14.7 Å². The molecule has 0 saturated carbocycles. The molecule has 0 aromatic carbocycles. The number of carbonyl (C=O) groups is 2. The minimum Gasteiger partial charge on any atom is -0.373 e. The number of hydrogen-bond donors (Lipinski definition) is 2. The van der Waals surface area contributed by atoms with Gasteiger partial charge in [0.15, 0.2) is 0 Å². The molecule has 1 rings (SSSR count). The van der Waals surface area contributed by atoms with Gasteiger partial charge in [-0.05, 0) is 5.41 Å². The predicted octanol–water partition coefficient (Wildman–Crippen LogP) is 1.36. The van der Waals surface area contributed by atoms with Crippen molar-refractivity contribution in [3.8, 4) is 0 Å². The fourth-order valence-electron chi connectivity index (χ4n) is 2.32. The maximum absolute atomic E-state index is 12.3. The third-order valence-electron chi connectivity index (χ3n) is 3.75. The van der Waals surface area contributed by atoms with E-state index in [0.29, 0.717) is 19.5 Å². The zero-order valence-corrected chi connectivity index (χ0v) is 13.5. The summed E-state index contributed by atoms with van der Waals surface area (Å²) in [5.41, 5.74) is -0.594. The molecule has 5 heteroatoms. The molecule has 0 bridgehead atoms. The second-order valence-electron chi connectivity index (χ2n) is 7.67. The summed E-state index contributed by atoms with van der Waals surface area (Å²) in [6.07, 6.45) is -0.270. The van der Waals surface area contributed by atoms with Gasteiger partial charge < -0.3 is 15.3 Å². The zero-order valence-electron chi connectivity index (χ0n) is 13.5. The maximum atomic E-state index is 12.3. The van der Waals surface area contributed by atoms with Gasteiger partial charge in [-0.1, -0.05) is 41.5 Å². The number of rotatable bonds is 3. The van der Waals surface area contributed by atoms with Gasteiger partial charge in [0.05, 0.1) is 0 Å². The second kappa shape index (κ2) is 5.72. The first-order valence-corrected chi connectivity index (χ1v) is 7.21. The molecule has 1 saturated heterocycles. The van der Waals surface area contributed by atoms with Crippen LogP contribution < -0.4 is 5.32 Å². The molecule has 0 radical (unpaired) electrons. The topological polar surface area (TPSA) is 69.6 Å². The highest BCUT2D eigenvalue weighted by Crippen LogP contribution is 2.36. The van der Waals surface area contributed by atoms with Gasteiger partial charge in [-0.3, -0.25) is 9.59 Å². The van der Waals surface area contributed by atoms with Crippen LogP contribution in [0.4, 0.5) is 0 Å². The van der Waals surface area contributed by atoms with E-state index in [9.17, 15) is 14.7 Å². The molecule has 116 valence electrons. The monoisotopic (exact) mass is 284 g/mol. The average molecular weight is 284 g/mol. The Morgan fingerprint density at radius 3 is 2.25 bits per heavy atom. The van der Waals surface area contributed by atoms with Crippen molar-refractivity contribution in [3.63, 3.8) is 0 Å². The largest absolute Gasteiger partial charge is 0.373 e. The fourth-order valence-corrected chi connectivity index (χ4v) is 2.32. The summed E-state index contributed by atoms with van der Waals surface area (Å²) < 4.78 is 0. The number of carbonyl (C=O) groups excluding carboxylic acids is 2. The second-order valence-corrected chi connectivity index (χ2v) is 7.67. The minimum absolute atomic E-state index is 0.0185. The van der Waals surface area contributed by atoms with E-state index in [-0.39, 0.29) is 23.1 Å². The van der Waals surface area contributed by atoms with E-state index in [1.54, 1.807) is 0 Å². The summed E-state index contributed by atoms with van der Waals surface area (Å²) in [6, 6.07) is 0. The van der Waals surface area contributed by atoms with Gasteiger partial charge in [0.25, 0.3) is 0 Å². The third-order valence-corrected chi connectivity index (χ3v) is 3.75. The van der Waals surface area contributed by atoms with Gasteiger partial charge in [-0.15, -0.1) is 0 Å². The Hall–Kier alpha value is -1.10. The smallest absolute Gasteiger partial charge is 0.228 e. The Balaban J connectivity index is 2.53. The molecule has 1 fully saturated rings. The summed E-state index contributed by atoms with van der Waals surface area (Å²) in [5, 5.41) is 12.8. The van der Waals surface area contributed by atoms with Crippen LogP contribution in [-0.4, -0.2) is 41.1 Å². The Labute approximate surface area is 121 Å². The van der Waals surface area contributed by atoms with E-state index >= 15 is 0 Å². The van der Waals surface area contributed by atoms with Crippen molar-refractivity contribution in [1.29, 1.82) is 0 Å². The van der Waals surface area contributed by atoms with Crippen molar-refractivity contribution in [2.75, 3.05) is 13.1 Å².